The maximum Gasteiger partial charge on any atom is 0.320 e. The van der Waals surface area contributed by atoms with Crippen molar-refractivity contribution in [1.29, 1.82) is 0 Å². The topological polar surface area (TPSA) is 95.8 Å². The van der Waals surface area contributed by atoms with Crippen LogP contribution < -0.4 is 16.4 Å². The highest BCUT2D eigenvalue weighted by Gasteiger charge is 2.08. The van der Waals surface area contributed by atoms with E-state index in [1.807, 2.05) is 6.92 Å². The van der Waals surface area contributed by atoms with Gasteiger partial charge in [0, 0.05) is 6.54 Å². The first-order valence-corrected chi connectivity index (χ1v) is 4.50. The van der Waals surface area contributed by atoms with Gasteiger partial charge in [-0.15, -0.1) is 0 Å². The Morgan fingerprint density at radius 2 is 2.36 bits per heavy atom. The average Bonchev–Trinajstić information content (AvgIpc) is 2.46. The Morgan fingerprint density at radius 1 is 1.64 bits per heavy atom. The zero-order valence-electron chi connectivity index (χ0n) is 8.35. The highest BCUT2D eigenvalue weighted by atomic mass is 16.2. The van der Waals surface area contributed by atoms with Crippen LogP contribution in [0.2, 0.25) is 0 Å². The predicted molar refractivity (Wildman–Crippen MR) is 55.0 cm³/mol. The first-order valence-electron chi connectivity index (χ1n) is 4.50. The summed E-state index contributed by atoms with van der Waals surface area (Å²) in [7, 11) is 0. The van der Waals surface area contributed by atoms with Crippen LogP contribution in [0.15, 0.2) is 0 Å². The van der Waals surface area contributed by atoms with Gasteiger partial charge in [0.05, 0.1) is 11.4 Å². The van der Waals surface area contributed by atoms with Gasteiger partial charge < -0.3 is 11.1 Å². The quantitative estimate of drug-likeness (QED) is 0.578. The molecule has 0 bridgehead atoms. The van der Waals surface area contributed by atoms with Crippen molar-refractivity contribution < 1.29 is 4.79 Å². The van der Waals surface area contributed by atoms with Crippen molar-refractivity contribution in [2.24, 2.45) is 0 Å². The van der Waals surface area contributed by atoms with Gasteiger partial charge in [0.2, 0.25) is 0 Å². The zero-order chi connectivity index (χ0) is 10.6. The summed E-state index contributed by atoms with van der Waals surface area (Å²) < 4.78 is 0. The van der Waals surface area contributed by atoms with Gasteiger partial charge in [-0.05, 0) is 13.3 Å². The summed E-state index contributed by atoms with van der Waals surface area (Å²) in [6.45, 7) is 4.40. The van der Waals surface area contributed by atoms with Gasteiger partial charge in [0.15, 0.2) is 5.82 Å². The Kier molecular flexibility index (Phi) is 3.33. The number of carbonyl (C=O) groups excluding carboxylic acids is 1. The molecule has 0 saturated carbocycles. The Balaban J connectivity index is 2.52. The van der Waals surface area contributed by atoms with E-state index in [0.717, 1.165) is 12.1 Å². The van der Waals surface area contributed by atoms with E-state index in [2.05, 4.69) is 20.8 Å². The van der Waals surface area contributed by atoms with Crippen molar-refractivity contribution in [3.8, 4) is 0 Å². The second kappa shape index (κ2) is 4.50. The normalized spacial score (nSPS) is 9.86. The third kappa shape index (κ3) is 2.38. The second-order valence-corrected chi connectivity index (χ2v) is 2.99. The zero-order valence-corrected chi connectivity index (χ0v) is 8.35. The van der Waals surface area contributed by atoms with Crippen molar-refractivity contribution >= 4 is 17.5 Å². The lowest BCUT2D eigenvalue weighted by atomic mass is 10.4. The van der Waals surface area contributed by atoms with Crippen LogP contribution in [-0.4, -0.2) is 22.8 Å². The molecule has 0 unspecified atom stereocenters. The van der Waals surface area contributed by atoms with E-state index in [1.54, 1.807) is 6.92 Å². The number of nitrogen functional groups attached to an aromatic ring is 1. The number of carbonyl (C=O) groups is 1. The Labute approximate surface area is 82.3 Å². The molecular formula is C8H15N5O. The molecule has 5 N–H and O–H groups in total. The number of amides is 2. The summed E-state index contributed by atoms with van der Waals surface area (Å²) in [5.41, 5.74) is 6.86. The number of rotatable bonds is 3. The number of hydrogen-bond acceptors (Lipinski definition) is 3. The molecule has 0 aliphatic rings. The van der Waals surface area contributed by atoms with Crippen molar-refractivity contribution in [1.82, 2.24) is 15.5 Å². The van der Waals surface area contributed by atoms with E-state index in [9.17, 15) is 4.79 Å². The lowest BCUT2D eigenvalue weighted by molar-refractivity contribution is 0.252. The number of anilines is 2. The molecule has 6 nitrogen and oxygen atoms in total. The molecule has 1 heterocycles. The summed E-state index contributed by atoms with van der Waals surface area (Å²) in [5, 5.41) is 11.7. The van der Waals surface area contributed by atoms with E-state index in [1.165, 1.54) is 0 Å². The van der Waals surface area contributed by atoms with Crippen molar-refractivity contribution in [2.75, 3.05) is 17.6 Å². The second-order valence-electron chi connectivity index (χ2n) is 2.99. The molecule has 0 atom stereocenters. The molecule has 0 spiro atoms. The largest absolute Gasteiger partial charge is 0.394 e. The van der Waals surface area contributed by atoms with Crippen LogP contribution in [0.1, 0.15) is 19.0 Å². The molecule has 0 saturated heterocycles. The molecule has 0 aliphatic heterocycles. The summed E-state index contributed by atoms with van der Waals surface area (Å²) in [6, 6.07) is -0.287. The molecule has 1 aromatic heterocycles. The maximum atomic E-state index is 11.2. The van der Waals surface area contributed by atoms with Gasteiger partial charge >= 0.3 is 6.03 Å². The molecule has 1 rings (SSSR count). The van der Waals surface area contributed by atoms with Crippen LogP contribution in [-0.2, 0) is 0 Å². The Morgan fingerprint density at radius 3 is 2.86 bits per heavy atom. The van der Waals surface area contributed by atoms with E-state index < -0.39 is 0 Å². The van der Waals surface area contributed by atoms with Gasteiger partial charge in [-0.1, -0.05) is 6.92 Å². The summed E-state index contributed by atoms with van der Waals surface area (Å²) in [5.74, 6) is 0.371. The summed E-state index contributed by atoms with van der Waals surface area (Å²) in [4.78, 5) is 11.2. The van der Waals surface area contributed by atoms with Crippen LogP contribution in [0.5, 0.6) is 0 Å². The minimum atomic E-state index is -0.287. The molecular weight excluding hydrogens is 182 g/mol. The van der Waals surface area contributed by atoms with Crippen molar-refractivity contribution in [3.05, 3.63) is 5.69 Å². The maximum absolute atomic E-state index is 11.2. The van der Waals surface area contributed by atoms with Gasteiger partial charge in [0.25, 0.3) is 0 Å². The fourth-order valence-corrected chi connectivity index (χ4v) is 0.923. The third-order valence-electron chi connectivity index (χ3n) is 1.76. The number of nitrogens with zero attached hydrogens (tertiary/aromatic N) is 1. The highest BCUT2D eigenvalue weighted by Crippen LogP contribution is 2.17. The van der Waals surface area contributed by atoms with Crippen LogP contribution in [0.25, 0.3) is 0 Å². The minimum Gasteiger partial charge on any atom is -0.394 e. The first kappa shape index (κ1) is 10.4. The van der Waals surface area contributed by atoms with Gasteiger partial charge in [-0.25, -0.2) is 4.79 Å². The lowest BCUT2D eigenvalue weighted by Crippen LogP contribution is -2.29. The Hall–Kier alpha value is -1.72. The highest BCUT2D eigenvalue weighted by molar-refractivity contribution is 5.91. The van der Waals surface area contributed by atoms with Crippen LogP contribution in [0, 0.1) is 6.92 Å². The smallest absolute Gasteiger partial charge is 0.320 e. The molecule has 0 radical (unpaired) electrons. The van der Waals surface area contributed by atoms with Crippen molar-refractivity contribution in [2.45, 2.75) is 20.3 Å². The number of nitrogens with two attached hydrogens (primary N) is 1. The van der Waals surface area contributed by atoms with Crippen LogP contribution >= 0.6 is 0 Å². The average molecular weight is 197 g/mol. The Bertz CT molecular complexity index is 320. The number of aromatic amines is 1. The predicted octanol–water partition coefficient (Wildman–Crippen LogP) is 0.832. The number of H-pyrrole nitrogens is 1. The SMILES string of the molecule is CCCNC(=O)Nc1n[nH]c(C)c1N. The van der Waals surface area contributed by atoms with E-state index in [4.69, 9.17) is 5.73 Å². The third-order valence-corrected chi connectivity index (χ3v) is 1.76. The molecule has 0 aromatic carbocycles. The number of aryl methyl sites for hydroxylation is 1. The molecule has 14 heavy (non-hydrogen) atoms. The molecule has 2 amide bonds. The van der Waals surface area contributed by atoms with Gasteiger partial charge in [-0.3, -0.25) is 10.4 Å². The van der Waals surface area contributed by atoms with E-state index in [0.29, 0.717) is 18.1 Å². The molecule has 0 aliphatic carbocycles. The van der Waals surface area contributed by atoms with Gasteiger partial charge in [0.1, 0.15) is 0 Å². The molecule has 6 heteroatoms. The van der Waals surface area contributed by atoms with Crippen LogP contribution in [0.4, 0.5) is 16.3 Å². The number of hydrogen-bond donors (Lipinski definition) is 4. The molecule has 78 valence electrons. The number of aromatic nitrogens is 2. The first-order chi connectivity index (χ1) is 6.65. The van der Waals surface area contributed by atoms with Crippen LogP contribution in [0.3, 0.4) is 0 Å². The number of urea groups is 1. The monoisotopic (exact) mass is 197 g/mol. The fourth-order valence-electron chi connectivity index (χ4n) is 0.923. The molecule has 0 fully saturated rings. The standard InChI is InChI=1S/C8H15N5O/c1-3-4-10-8(14)11-7-6(9)5(2)12-13-7/h3-4,9H2,1-2H3,(H3,10,11,12,13,14). The fraction of sp³-hybridized carbons (Fsp3) is 0.500. The number of nitrogens with one attached hydrogen (secondary N) is 3. The summed E-state index contributed by atoms with van der Waals surface area (Å²) >= 11 is 0. The summed E-state index contributed by atoms with van der Waals surface area (Å²) in [6.07, 6.45) is 0.891. The van der Waals surface area contributed by atoms with E-state index >= 15 is 0 Å². The lowest BCUT2D eigenvalue weighted by Gasteiger charge is -2.04. The minimum absolute atomic E-state index is 0.287. The van der Waals surface area contributed by atoms with E-state index in [-0.39, 0.29) is 6.03 Å². The van der Waals surface area contributed by atoms with Gasteiger partial charge in [-0.2, -0.15) is 5.10 Å². The van der Waals surface area contributed by atoms with Crippen molar-refractivity contribution in [3.63, 3.8) is 0 Å². The molecule has 1 aromatic rings.